The first kappa shape index (κ1) is 18.2. The Kier molecular flexibility index (Phi) is 6.52. The lowest BCUT2D eigenvalue weighted by atomic mass is 10.1. The topological polar surface area (TPSA) is 64.6 Å². The van der Waals surface area contributed by atoms with Crippen molar-refractivity contribution in [1.29, 1.82) is 0 Å². The molecule has 1 atom stereocenters. The summed E-state index contributed by atoms with van der Waals surface area (Å²) in [4.78, 5) is 24.5. The van der Waals surface area contributed by atoms with Crippen LogP contribution in [-0.4, -0.2) is 26.1 Å². The van der Waals surface area contributed by atoms with Crippen molar-refractivity contribution in [2.75, 3.05) is 14.2 Å². The van der Waals surface area contributed by atoms with Gasteiger partial charge >= 0.3 is 5.97 Å². The van der Waals surface area contributed by atoms with Gasteiger partial charge in [-0.15, -0.1) is 0 Å². The lowest BCUT2D eigenvalue weighted by molar-refractivity contribution is -0.143. The maximum Gasteiger partial charge on any atom is 0.333 e. The van der Waals surface area contributed by atoms with Crippen molar-refractivity contribution >= 4 is 27.8 Å². The van der Waals surface area contributed by atoms with Crippen LogP contribution in [0.2, 0.25) is 0 Å². The van der Waals surface area contributed by atoms with E-state index in [1.807, 2.05) is 12.1 Å². The molecule has 0 heterocycles. The molecule has 0 aliphatic carbocycles. The van der Waals surface area contributed by atoms with Gasteiger partial charge in [-0.3, -0.25) is 4.79 Å². The first-order chi connectivity index (χ1) is 11.5. The molecule has 126 valence electrons. The van der Waals surface area contributed by atoms with Crippen LogP contribution in [0.25, 0.3) is 0 Å². The van der Waals surface area contributed by atoms with Crippen molar-refractivity contribution in [3.05, 3.63) is 69.7 Å². The third-order valence-corrected chi connectivity index (χ3v) is 3.97. The molecule has 0 saturated heterocycles. The lowest BCUT2D eigenvalue weighted by Gasteiger charge is -2.17. The van der Waals surface area contributed by atoms with E-state index >= 15 is 0 Å². The first-order valence-electron chi connectivity index (χ1n) is 7.27. The van der Waals surface area contributed by atoms with Crippen LogP contribution < -0.4 is 5.32 Å². The number of esters is 1. The van der Waals surface area contributed by atoms with Gasteiger partial charge < -0.3 is 14.8 Å². The minimum atomic E-state index is -0.866. The highest BCUT2D eigenvalue weighted by atomic mass is 79.9. The predicted molar refractivity (Wildman–Crippen MR) is 93.5 cm³/mol. The zero-order valence-corrected chi connectivity index (χ0v) is 15.0. The van der Waals surface area contributed by atoms with E-state index in [2.05, 4.69) is 21.2 Å². The summed E-state index contributed by atoms with van der Waals surface area (Å²) in [5, 5.41) is 2.71. The molecule has 2 aromatic carbocycles. The van der Waals surface area contributed by atoms with Crippen molar-refractivity contribution < 1.29 is 19.1 Å². The average molecular weight is 392 g/mol. The van der Waals surface area contributed by atoms with E-state index in [0.717, 1.165) is 10.0 Å². The molecular formula is C18H18BrNO4. The second-order valence-corrected chi connectivity index (χ2v) is 6.03. The maximum absolute atomic E-state index is 12.4. The molecule has 0 aliphatic heterocycles. The van der Waals surface area contributed by atoms with Gasteiger partial charge in [0.1, 0.15) is 0 Å². The van der Waals surface area contributed by atoms with E-state index in [9.17, 15) is 9.59 Å². The lowest BCUT2D eigenvalue weighted by Crippen LogP contribution is -2.34. The highest BCUT2D eigenvalue weighted by Crippen LogP contribution is 2.19. The second kappa shape index (κ2) is 8.61. The molecule has 1 unspecified atom stereocenters. The van der Waals surface area contributed by atoms with Crippen molar-refractivity contribution in [2.24, 2.45) is 0 Å². The quantitative estimate of drug-likeness (QED) is 0.767. The van der Waals surface area contributed by atoms with Crippen LogP contribution in [0.4, 0.5) is 0 Å². The number of carbonyl (C=O) groups is 2. The van der Waals surface area contributed by atoms with Gasteiger partial charge in [0, 0.05) is 17.1 Å². The molecule has 0 saturated carbocycles. The number of benzene rings is 2. The van der Waals surface area contributed by atoms with Crippen molar-refractivity contribution in [2.45, 2.75) is 12.6 Å². The number of methoxy groups -OCH3 is 2. The number of amides is 1. The molecule has 24 heavy (non-hydrogen) atoms. The zero-order valence-electron chi connectivity index (χ0n) is 13.4. The number of hydrogen-bond donors (Lipinski definition) is 1. The van der Waals surface area contributed by atoms with Crippen LogP contribution in [-0.2, 0) is 20.9 Å². The first-order valence-corrected chi connectivity index (χ1v) is 8.06. The van der Waals surface area contributed by atoms with Gasteiger partial charge in [0.05, 0.1) is 13.7 Å². The Labute approximate surface area is 149 Å². The monoisotopic (exact) mass is 391 g/mol. The van der Waals surface area contributed by atoms with Gasteiger partial charge in [-0.25, -0.2) is 4.79 Å². The molecule has 2 aromatic rings. The smallest absolute Gasteiger partial charge is 0.333 e. The van der Waals surface area contributed by atoms with E-state index in [-0.39, 0.29) is 5.91 Å². The third-order valence-electron chi connectivity index (χ3n) is 3.44. The van der Waals surface area contributed by atoms with Crippen LogP contribution >= 0.6 is 15.9 Å². The molecule has 0 fully saturated rings. The summed E-state index contributed by atoms with van der Waals surface area (Å²) < 4.78 is 10.7. The molecular weight excluding hydrogens is 374 g/mol. The standard InChI is InChI=1S/C18H18BrNO4/c1-23-11-12-3-5-14(6-4-12)17(21)20-16(18(22)24-2)13-7-9-15(19)10-8-13/h3-10,16H,11H2,1-2H3,(H,20,21). The van der Waals surface area contributed by atoms with Gasteiger partial charge in [-0.05, 0) is 35.4 Å². The van der Waals surface area contributed by atoms with Crippen molar-refractivity contribution in [3.63, 3.8) is 0 Å². The number of halogens is 1. The van der Waals surface area contributed by atoms with Crippen LogP contribution in [0.1, 0.15) is 27.5 Å². The summed E-state index contributed by atoms with van der Waals surface area (Å²) in [5.41, 5.74) is 2.07. The summed E-state index contributed by atoms with van der Waals surface area (Å²) in [6.45, 7) is 0.478. The van der Waals surface area contributed by atoms with E-state index < -0.39 is 12.0 Å². The Balaban J connectivity index is 2.17. The Morgan fingerprint density at radius 2 is 1.67 bits per heavy atom. The molecule has 0 spiro atoms. The summed E-state index contributed by atoms with van der Waals surface area (Å²) in [6.07, 6.45) is 0. The van der Waals surface area contributed by atoms with Crippen LogP contribution in [0, 0.1) is 0 Å². The van der Waals surface area contributed by atoms with Crippen molar-refractivity contribution in [1.82, 2.24) is 5.32 Å². The Bertz CT molecular complexity index is 698. The summed E-state index contributed by atoms with van der Waals surface area (Å²) >= 11 is 3.34. The van der Waals surface area contributed by atoms with Gasteiger partial charge in [0.25, 0.3) is 5.91 Å². The normalized spacial score (nSPS) is 11.6. The third kappa shape index (κ3) is 4.66. The average Bonchev–Trinajstić information content (AvgIpc) is 2.60. The molecule has 0 bridgehead atoms. The fourth-order valence-electron chi connectivity index (χ4n) is 2.18. The molecule has 0 aromatic heterocycles. The van der Waals surface area contributed by atoms with E-state index in [0.29, 0.717) is 17.7 Å². The molecule has 0 radical (unpaired) electrons. The van der Waals surface area contributed by atoms with Crippen molar-refractivity contribution in [3.8, 4) is 0 Å². The van der Waals surface area contributed by atoms with E-state index in [4.69, 9.17) is 9.47 Å². The highest BCUT2D eigenvalue weighted by Gasteiger charge is 2.24. The maximum atomic E-state index is 12.4. The Morgan fingerprint density at radius 3 is 2.21 bits per heavy atom. The van der Waals surface area contributed by atoms with Gasteiger partial charge in [0.2, 0.25) is 0 Å². The fraction of sp³-hybridized carbons (Fsp3) is 0.222. The zero-order chi connectivity index (χ0) is 17.5. The predicted octanol–water partition coefficient (Wildman–Crippen LogP) is 3.24. The molecule has 6 heteroatoms. The minimum absolute atomic E-state index is 0.350. The summed E-state index contributed by atoms with van der Waals surface area (Å²) in [6, 6.07) is 13.3. The summed E-state index contributed by atoms with van der Waals surface area (Å²) in [5.74, 6) is -0.876. The number of ether oxygens (including phenoxy) is 2. The van der Waals surface area contributed by atoms with Crippen LogP contribution in [0.5, 0.6) is 0 Å². The molecule has 0 aliphatic rings. The van der Waals surface area contributed by atoms with E-state index in [1.165, 1.54) is 7.11 Å². The molecule has 5 nitrogen and oxygen atoms in total. The Morgan fingerprint density at radius 1 is 1.04 bits per heavy atom. The second-order valence-electron chi connectivity index (χ2n) is 5.11. The fourth-order valence-corrected chi connectivity index (χ4v) is 2.45. The van der Waals surface area contributed by atoms with Crippen LogP contribution in [0.3, 0.4) is 0 Å². The molecule has 2 rings (SSSR count). The molecule has 1 amide bonds. The van der Waals surface area contributed by atoms with E-state index in [1.54, 1.807) is 43.5 Å². The molecule has 1 N–H and O–H groups in total. The highest BCUT2D eigenvalue weighted by molar-refractivity contribution is 9.10. The Hall–Kier alpha value is -2.18. The SMILES string of the molecule is COCc1ccc(C(=O)NC(C(=O)OC)c2ccc(Br)cc2)cc1. The summed E-state index contributed by atoms with van der Waals surface area (Å²) in [7, 11) is 2.90. The largest absolute Gasteiger partial charge is 0.467 e. The number of carbonyl (C=O) groups excluding carboxylic acids is 2. The number of rotatable bonds is 6. The number of hydrogen-bond acceptors (Lipinski definition) is 4. The number of nitrogens with one attached hydrogen (secondary N) is 1. The van der Waals surface area contributed by atoms with Gasteiger partial charge in [-0.1, -0.05) is 40.2 Å². The van der Waals surface area contributed by atoms with Gasteiger partial charge in [-0.2, -0.15) is 0 Å². The minimum Gasteiger partial charge on any atom is -0.467 e. The van der Waals surface area contributed by atoms with Crippen LogP contribution in [0.15, 0.2) is 53.0 Å². The van der Waals surface area contributed by atoms with Gasteiger partial charge in [0.15, 0.2) is 6.04 Å².